The van der Waals surface area contributed by atoms with Crippen molar-refractivity contribution < 1.29 is 14.3 Å². The summed E-state index contributed by atoms with van der Waals surface area (Å²) in [7, 11) is 3.88. The fourth-order valence-electron chi connectivity index (χ4n) is 4.30. The molecule has 1 aromatic carbocycles. The van der Waals surface area contributed by atoms with Crippen molar-refractivity contribution in [2.75, 3.05) is 38.7 Å². The Morgan fingerprint density at radius 1 is 1.17 bits per heavy atom. The summed E-state index contributed by atoms with van der Waals surface area (Å²) in [6.07, 6.45) is 7.52. The van der Waals surface area contributed by atoms with E-state index in [2.05, 4.69) is 0 Å². The molecule has 2 aliphatic rings. The molecule has 6 heteroatoms. The first kappa shape index (κ1) is 20.9. The Bertz CT molecular complexity index is 808. The normalized spacial score (nSPS) is 21.7. The van der Waals surface area contributed by atoms with Gasteiger partial charge in [0.2, 0.25) is 0 Å². The molecule has 6 nitrogen and oxygen atoms in total. The second-order valence-electron chi connectivity index (χ2n) is 8.16. The molecule has 0 aromatic heterocycles. The van der Waals surface area contributed by atoms with E-state index in [-0.39, 0.29) is 18.1 Å². The first-order valence-corrected chi connectivity index (χ1v) is 10.3. The largest absolute Gasteiger partial charge is 0.451 e. The van der Waals surface area contributed by atoms with E-state index in [1.54, 1.807) is 0 Å². The number of likely N-dealkylation sites (tertiary alicyclic amines) is 1. The number of anilines is 1. The number of carbonyl (C=O) groups excluding carboxylic acids is 2. The van der Waals surface area contributed by atoms with Crippen molar-refractivity contribution in [3.8, 4) is 6.07 Å². The van der Waals surface area contributed by atoms with E-state index in [1.807, 2.05) is 54.2 Å². The third-order valence-corrected chi connectivity index (χ3v) is 6.03. The van der Waals surface area contributed by atoms with Crippen LogP contribution in [0.1, 0.15) is 37.7 Å². The molecule has 1 saturated heterocycles. The lowest BCUT2D eigenvalue weighted by molar-refractivity contribution is -0.150. The van der Waals surface area contributed by atoms with Crippen LogP contribution in [0.2, 0.25) is 0 Å². The zero-order valence-electron chi connectivity index (χ0n) is 17.3. The van der Waals surface area contributed by atoms with Crippen LogP contribution in [0.25, 0.3) is 6.08 Å². The van der Waals surface area contributed by atoms with Crippen LogP contribution in [0.4, 0.5) is 5.69 Å². The average molecular weight is 396 g/mol. The van der Waals surface area contributed by atoms with E-state index in [0.29, 0.717) is 5.92 Å². The van der Waals surface area contributed by atoms with Gasteiger partial charge in [0, 0.05) is 32.9 Å². The van der Waals surface area contributed by atoms with Gasteiger partial charge in [0.15, 0.2) is 6.61 Å². The topological polar surface area (TPSA) is 73.6 Å². The maximum Gasteiger partial charge on any atom is 0.349 e. The maximum atomic E-state index is 12.5. The summed E-state index contributed by atoms with van der Waals surface area (Å²) in [5.74, 6) is 0.388. The summed E-state index contributed by atoms with van der Waals surface area (Å²) in [5.41, 5.74) is 1.65. The van der Waals surface area contributed by atoms with E-state index >= 15 is 0 Å². The molecule has 3 rings (SSSR count). The predicted molar refractivity (Wildman–Crippen MR) is 112 cm³/mol. The summed E-state index contributed by atoms with van der Waals surface area (Å²) in [4.78, 5) is 28.5. The molecule has 0 spiro atoms. The number of ether oxygens (including phenoxy) is 1. The number of hydrogen-bond acceptors (Lipinski definition) is 5. The van der Waals surface area contributed by atoms with Crippen LogP contribution in [0.15, 0.2) is 29.8 Å². The van der Waals surface area contributed by atoms with Crippen molar-refractivity contribution in [2.45, 2.75) is 32.1 Å². The van der Waals surface area contributed by atoms with Crippen LogP contribution in [-0.2, 0) is 14.3 Å². The Morgan fingerprint density at radius 2 is 1.86 bits per heavy atom. The minimum absolute atomic E-state index is 0.110. The lowest BCUT2D eigenvalue weighted by atomic mass is 9.75. The predicted octanol–water partition coefficient (Wildman–Crippen LogP) is 3.24. The number of nitriles is 1. The SMILES string of the molecule is CN(C)c1ccc(/C=C(\C#N)C(=O)OCC(=O)N2CC[C@H]3CCCC[C@@H]3C2)cc1. The molecule has 1 aliphatic carbocycles. The molecule has 0 bridgehead atoms. The van der Waals surface area contributed by atoms with Crippen LogP contribution < -0.4 is 4.90 Å². The average Bonchev–Trinajstić information content (AvgIpc) is 2.75. The van der Waals surface area contributed by atoms with Crippen molar-refractivity contribution >= 4 is 23.6 Å². The molecule has 2 fully saturated rings. The van der Waals surface area contributed by atoms with Crippen LogP contribution in [-0.4, -0.2) is 50.6 Å². The Kier molecular flexibility index (Phi) is 6.92. The number of amides is 1. The monoisotopic (exact) mass is 395 g/mol. The molecule has 1 saturated carbocycles. The fourth-order valence-corrected chi connectivity index (χ4v) is 4.30. The smallest absolute Gasteiger partial charge is 0.349 e. The van der Waals surface area contributed by atoms with Gasteiger partial charge in [0.1, 0.15) is 11.6 Å². The highest BCUT2D eigenvalue weighted by Gasteiger charge is 2.33. The molecule has 1 aromatic rings. The van der Waals surface area contributed by atoms with E-state index in [1.165, 1.54) is 31.8 Å². The van der Waals surface area contributed by atoms with E-state index in [4.69, 9.17) is 4.74 Å². The highest BCUT2D eigenvalue weighted by atomic mass is 16.5. The molecule has 29 heavy (non-hydrogen) atoms. The molecule has 1 heterocycles. The van der Waals surface area contributed by atoms with Gasteiger partial charge in [-0.15, -0.1) is 0 Å². The number of hydrogen-bond donors (Lipinski definition) is 0. The van der Waals surface area contributed by atoms with Crippen molar-refractivity contribution in [2.24, 2.45) is 11.8 Å². The van der Waals surface area contributed by atoms with Crippen LogP contribution in [0, 0.1) is 23.2 Å². The van der Waals surface area contributed by atoms with E-state index in [0.717, 1.165) is 36.7 Å². The second-order valence-corrected chi connectivity index (χ2v) is 8.16. The first-order valence-electron chi connectivity index (χ1n) is 10.3. The third kappa shape index (κ3) is 5.38. The molecular weight excluding hydrogens is 366 g/mol. The number of nitrogens with zero attached hydrogens (tertiary/aromatic N) is 3. The number of fused-ring (bicyclic) bond motifs is 1. The van der Waals surface area contributed by atoms with Gasteiger partial charge in [0.25, 0.3) is 5.91 Å². The van der Waals surface area contributed by atoms with Gasteiger partial charge in [-0.2, -0.15) is 5.26 Å². The highest BCUT2D eigenvalue weighted by Crippen LogP contribution is 2.36. The number of benzene rings is 1. The van der Waals surface area contributed by atoms with Crippen LogP contribution >= 0.6 is 0 Å². The first-order chi connectivity index (χ1) is 14.0. The van der Waals surface area contributed by atoms with E-state index in [9.17, 15) is 14.9 Å². The number of carbonyl (C=O) groups is 2. The standard InChI is InChI=1S/C23H29N3O3/c1-25(2)21-9-7-17(8-10-21)13-20(14-24)23(28)29-16-22(27)26-12-11-18-5-3-4-6-19(18)15-26/h7-10,13,18-19H,3-6,11-12,15-16H2,1-2H3/b20-13+/t18-,19-/m1/s1. The van der Waals surface area contributed by atoms with Gasteiger partial charge in [0.05, 0.1) is 0 Å². The van der Waals surface area contributed by atoms with Gasteiger partial charge in [-0.1, -0.05) is 31.4 Å². The minimum Gasteiger partial charge on any atom is -0.451 e. The quantitative estimate of drug-likeness (QED) is 0.435. The Balaban J connectivity index is 1.54. The molecule has 154 valence electrons. The molecule has 0 unspecified atom stereocenters. The minimum atomic E-state index is -0.759. The number of rotatable bonds is 5. The molecular formula is C23H29N3O3. The molecule has 0 N–H and O–H groups in total. The zero-order valence-corrected chi connectivity index (χ0v) is 17.3. The summed E-state index contributed by atoms with van der Waals surface area (Å²) in [6.45, 7) is 1.19. The van der Waals surface area contributed by atoms with Gasteiger partial charge in [-0.3, -0.25) is 4.79 Å². The zero-order chi connectivity index (χ0) is 20.8. The molecule has 2 atom stereocenters. The maximum absolute atomic E-state index is 12.5. The van der Waals surface area contributed by atoms with Gasteiger partial charge >= 0.3 is 5.97 Å². The summed E-state index contributed by atoms with van der Waals surface area (Å²) in [6, 6.07) is 9.36. The van der Waals surface area contributed by atoms with Crippen molar-refractivity contribution in [3.63, 3.8) is 0 Å². The number of esters is 1. The number of piperidine rings is 1. The summed E-state index contributed by atoms with van der Waals surface area (Å²) in [5, 5.41) is 9.32. The van der Waals surface area contributed by atoms with Crippen molar-refractivity contribution in [1.29, 1.82) is 5.26 Å². The second kappa shape index (κ2) is 9.60. The van der Waals surface area contributed by atoms with Gasteiger partial charge in [-0.25, -0.2) is 4.79 Å². The lowest BCUT2D eigenvalue weighted by Gasteiger charge is -2.41. The molecule has 1 amide bonds. The fraction of sp³-hybridized carbons (Fsp3) is 0.522. The van der Waals surface area contributed by atoms with Crippen molar-refractivity contribution in [3.05, 3.63) is 35.4 Å². The third-order valence-electron chi connectivity index (χ3n) is 6.03. The summed E-state index contributed by atoms with van der Waals surface area (Å²) >= 11 is 0. The summed E-state index contributed by atoms with van der Waals surface area (Å²) < 4.78 is 5.15. The highest BCUT2D eigenvalue weighted by molar-refractivity contribution is 5.98. The van der Waals surface area contributed by atoms with Crippen LogP contribution in [0.3, 0.4) is 0 Å². The van der Waals surface area contributed by atoms with Gasteiger partial charge in [-0.05, 0) is 48.4 Å². The molecule has 1 aliphatic heterocycles. The Hall–Kier alpha value is -2.81. The Labute approximate surface area is 172 Å². The van der Waals surface area contributed by atoms with E-state index < -0.39 is 5.97 Å². The lowest BCUT2D eigenvalue weighted by Crippen LogP contribution is -2.46. The van der Waals surface area contributed by atoms with Gasteiger partial charge < -0.3 is 14.5 Å². The Morgan fingerprint density at radius 3 is 2.52 bits per heavy atom. The van der Waals surface area contributed by atoms with Crippen LogP contribution in [0.5, 0.6) is 0 Å². The van der Waals surface area contributed by atoms with Crippen molar-refractivity contribution in [1.82, 2.24) is 4.90 Å². The molecule has 0 radical (unpaired) electrons.